The molecule has 1 saturated carbocycles. The van der Waals surface area contributed by atoms with Crippen molar-refractivity contribution >= 4 is 5.91 Å². The van der Waals surface area contributed by atoms with Crippen molar-refractivity contribution in [1.82, 2.24) is 20.4 Å². The van der Waals surface area contributed by atoms with Crippen LogP contribution in [-0.4, -0.2) is 57.8 Å². The fraction of sp³-hybridized carbons (Fsp3) is 0.824. The third kappa shape index (κ3) is 3.19. The van der Waals surface area contributed by atoms with Crippen LogP contribution in [0.3, 0.4) is 0 Å². The normalized spacial score (nSPS) is 33.2. The van der Waals surface area contributed by atoms with Crippen LogP contribution >= 0.6 is 0 Å². The van der Waals surface area contributed by atoms with E-state index in [0.29, 0.717) is 36.5 Å². The third-order valence-electron chi connectivity index (χ3n) is 5.49. The lowest BCUT2D eigenvalue weighted by molar-refractivity contribution is -0.122. The Hall–Kier alpha value is -1.47. The van der Waals surface area contributed by atoms with Gasteiger partial charge in [-0.1, -0.05) is 19.0 Å². The van der Waals surface area contributed by atoms with Crippen molar-refractivity contribution in [3.8, 4) is 0 Å². The third-order valence-corrected chi connectivity index (χ3v) is 5.49. The smallest absolute Gasteiger partial charge is 0.227 e. The Balaban J connectivity index is 1.53. The zero-order chi connectivity index (χ0) is 17.5. The van der Waals surface area contributed by atoms with Gasteiger partial charge in [-0.05, 0) is 32.7 Å². The summed E-state index contributed by atoms with van der Waals surface area (Å²) in [7, 11) is 2.14. The fourth-order valence-corrected chi connectivity index (χ4v) is 4.93. The number of hydrogen-bond donors (Lipinski definition) is 2. The van der Waals surface area contributed by atoms with E-state index in [-0.39, 0.29) is 17.4 Å². The summed E-state index contributed by atoms with van der Waals surface area (Å²) in [6, 6.07) is 0.326. The Labute approximate surface area is 142 Å². The number of carbonyl (C=O) groups excluding carboxylic acids is 1. The van der Waals surface area contributed by atoms with Crippen molar-refractivity contribution in [3.05, 3.63) is 11.7 Å². The lowest BCUT2D eigenvalue weighted by Crippen LogP contribution is -2.64. The minimum absolute atomic E-state index is 0.0688. The molecule has 2 aliphatic rings. The molecule has 2 fully saturated rings. The molecule has 2 unspecified atom stereocenters. The lowest BCUT2D eigenvalue weighted by Gasteiger charge is -2.57. The molecule has 0 radical (unpaired) electrons. The summed E-state index contributed by atoms with van der Waals surface area (Å²) >= 11 is 0. The monoisotopic (exact) mass is 336 g/mol. The van der Waals surface area contributed by atoms with Gasteiger partial charge >= 0.3 is 0 Å². The minimum atomic E-state index is -0.463. The van der Waals surface area contributed by atoms with E-state index in [1.807, 2.05) is 0 Å². The summed E-state index contributed by atoms with van der Waals surface area (Å²) in [5, 5.41) is 17.2. The number of likely N-dealkylation sites (tertiary alicyclic amines) is 1. The highest BCUT2D eigenvalue weighted by Gasteiger charge is 2.58. The van der Waals surface area contributed by atoms with Crippen LogP contribution < -0.4 is 5.32 Å². The van der Waals surface area contributed by atoms with Crippen LogP contribution in [0.5, 0.6) is 0 Å². The van der Waals surface area contributed by atoms with Gasteiger partial charge in [0.05, 0.1) is 12.1 Å². The SMILES string of the molecule is Cc1noc(CCC(=O)N[C@@H]2CC3(C[C@H]2O)CN(C)C3C(C)C)n1. The summed E-state index contributed by atoms with van der Waals surface area (Å²) in [5.41, 5.74) is 0.143. The van der Waals surface area contributed by atoms with E-state index in [1.165, 1.54) is 0 Å². The number of aryl methyl sites for hydroxylation is 2. The molecule has 1 aliphatic heterocycles. The van der Waals surface area contributed by atoms with Crippen LogP contribution in [0, 0.1) is 18.3 Å². The first-order chi connectivity index (χ1) is 11.3. The quantitative estimate of drug-likeness (QED) is 0.830. The van der Waals surface area contributed by atoms with Gasteiger partial charge in [-0.2, -0.15) is 4.98 Å². The van der Waals surface area contributed by atoms with E-state index in [1.54, 1.807) is 6.92 Å². The van der Waals surface area contributed by atoms with Gasteiger partial charge in [0.15, 0.2) is 5.82 Å². The minimum Gasteiger partial charge on any atom is -0.391 e. The molecule has 24 heavy (non-hydrogen) atoms. The van der Waals surface area contributed by atoms with Gasteiger partial charge in [0.1, 0.15) is 0 Å². The molecule has 1 aromatic heterocycles. The zero-order valence-electron chi connectivity index (χ0n) is 15.0. The molecule has 1 amide bonds. The highest BCUT2D eigenvalue weighted by molar-refractivity contribution is 5.76. The number of rotatable bonds is 5. The number of amides is 1. The molecule has 1 spiro atoms. The molecule has 0 bridgehead atoms. The molecule has 1 aromatic rings. The molecule has 4 atom stereocenters. The largest absolute Gasteiger partial charge is 0.391 e. The van der Waals surface area contributed by atoms with Crippen LogP contribution in [0.15, 0.2) is 4.52 Å². The number of aromatic nitrogens is 2. The molecule has 1 saturated heterocycles. The topological polar surface area (TPSA) is 91.5 Å². The second-order valence-electron chi connectivity index (χ2n) is 7.85. The number of carbonyl (C=O) groups is 1. The van der Waals surface area contributed by atoms with Crippen molar-refractivity contribution in [2.75, 3.05) is 13.6 Å². The maximum absolute atomic E-state index is 12.2. The number of nitrogens with zero attached hydrogens (tertiary/aromatic N) is 3. The standard InChI is InChI=1S/C17H28N4O3/c1-10(2)16-17(9-21(16)4)7-12(13(22)8-17)19-14(23)5-6-15-18-11(3)20-24-15/h10,12-13,16,22H,5-9H2,1-4H3,(H,19,23)/t12-,13-,16?,17?/m1/s1. The number of nitrogens with one attached hydrogen (secondary N) is 1. The molecular formula is C17H28N4O3. The van der Waals surface area contributed by atoms with Gasteiger partial charge in [-0.15, -0.1) is 0 Å². The number of aliphatic hydroxyl groups is 1. The Morgan fingerprint density at radius 1 is 1.50 bits per heavy atom. The molecular weight excluding hydrogens is 308 g/mol. The molecule has 7 nitrogen and oxygen atoms in total. The molecule has 134 valence electrons. The Morgan fingerprint density at radius 3 is 2.83 bits per heavy atom. The van der Waals surface area contributed by atoms with E-state index < -0.39 is 6.10 Å². The second kappa shape index (κ2) is 6.44. The second-order valence-corrected chi connectivity index (χ2v) is 7.85. The highest BCUT2D eigenvalue weighted by atomic mass is 16.5. The van der Waals surface area contributed by atoms with Crippen molar-refractivity contribution < 1.29 is 14.4 Å². The van der Waals surface area contributed by atoms with E-state index in [2.05, 4.69) is 41.3 Å². The van der Waals surface area contributed by atoms with E-state index in [4.69, 9.17) is 4.52 Å². The molecule has 3 rings (SSSR count). The molecule has 2 N–H and O–H groups in total. The van der Waals surface area contributed by atoms with Crippen molar-refractivity contribution in [2.24, 2.45) is 11.3 Å². The Morgan fingerprint density at radius 2 is 2.25 bits per heavy atom. The van der Waals surface area contributed by atoms with Gasteiger partial charge in [-0.3, -0.25) is 4.79 Å². The summed E-state index contributed by atoms with van der Waals surface area (Å²) in [6.07, 6.45) is 1.89. The average molecular weight is 336 g/mol. The van der Waals surface area contributed by atoms with Crippen molar-refractivity contribution in [3.63, 3.8) is 0 Å². The zero-order valence-corrected chi connectivity index (χ0v) is 15.0. The molecule has 7 heteroatoms. The predicted molar refractivity (Wildman–Crippen MR) is 88.2 cm³/mol. The average Bonchev–Trinajstić information content (AvgIpc) is 3.01. The maximum atomic E-state index is 12.2. The summed E-state index contributed by atoms with van der Waals surface area (Å²) < 4.78 is 5.02. The first-order valence-electron chi connectivity index (χ1n) is 8.77. The first-order valence-corrected chi connectivity index (χ1v) is 8.77. The van der Waals surface area contributed by atoms with E-state index in [9.17, 15) is 9.90 Å². The number of hydrogen-bond acceptors (Lipinski definition) is 6. The van der Waals surface area contributed by atoms with Crippen LogP contribution in [-0.2, 0) is 11.2 Å². The summed E-state index contributed by atoms with van der Waals surface area (Å²) in [4.78, 5) is 18.7. The van der Waals surface area contributed by atoms with Gasteiger partial charge in [0.2, 0.25) is 11.8 Å². The lowest BCUT2D eigenvalue weighted by atomic mass is 9.66. The van der Waals surface area contributed by atoms with Crippen molar-refractivity contribution in [1.29, 1.82) is 0 Å². The Bertz CT molecular complexity index is 598. The van der Waals surface area contributed by atoms with Gasteiger partial charge in [0.25, 0.3) is 0 Å². The van der Waals surface area contributed by atoms with E-state index >= 15 is 0 Å². The summed E-state index contributed by atoms with van der Waals surface area (Å²) in [5.74, 6) is 1.53. The van der Waals surface area contributed by atoms with Gasteiger partial charge in [0, 0.05) is 30.8 Å². The van der Waals surface area contributed by atoms with E-state index in [0.717, 1.165) is 19.4 Å². The maximum Gasteiger partial charge on any atom is 0.227 e. The van der Waals surface area contributed by atoms with Gasteiger partial charge < -0.3 is 19.8 Å². The van der Waals surface area contributed by atoms with Crippen LogP contribution in [0.25, 0.3) is 0 Å². The van der Waals surface area contributed by atoms with Gasteiger partial charge in [-0.25, -0.2) is 0 Å². The number of aliphatic hydroxyl groups excluding tert-OH is 1. The highest BCUT2D eigenvalue weighted by Crippen LogP contribution is 2.52. The molecule has 2 heterocycles. The summed E-state index contributed by atoms with van der Waals surface area (Å²) in [6.45, 7) is 7.21. The Kier molecular flexibility index (Phi) is 4.66. The van der Waals surface area contributed by atoms with Crippen LogP contribution in [0.4, 0.5) is 0 Å². The van der Waals surface area contributed by atoms with Crippen LogP contribution in [0.2, 0.25) is 0 Å². The fourth-order valence-electron chi connectivity index (χ4n) is 4.93. The van der Waals surface area contributed by atoms with Crippen molar-refractivity contribution in [2.45, 2.75) is 64.6 Å². The first kappa shape index (κ1) is 17.4. The molecule has 1 aliphatic carbocycles. The van der Waals surface area contributed by atoms with Crippen LogP contribution in [0.1, 0.15) is 44.8 Å². The molecule has 0 aromatic carbocycles. The predicted octanol–water partition coefficient (Wildman–Crippen LogP) is 0.907.